The minimum atomic E-state index is -0.110. The van der Waals surface area contributed by atoms with Gasteiger partial charge in [-0.2, -0.15) is 0 Å². The summed E-state index contributed by atoms with van der Waals surface area (Å²) in [7, 11) is 0. The number of carbonyl (C=O) groups excluding carboxylic acids is 1. The van der Waals surface area contributed by atoms with Crippen LogP contribution in [0, 0.1) is 5.92 Å². The molecule has 0 radical (unpaired) electrons. The minimum absolute atomic E-state index is 0.0245. The summed E-state index contributed by atoms with van der Waals surface area (Å²) in [5, 5.41) is 2.86. The highest BCUT2D eigenvalue weighted by atomic mass is 16.5. The SMILES string of the molecule is CCn1cccc(CNC(=O)[C@@H]2CCCO[C@@H]2C)c1=O. The number of nitrogens with one attached hydrogen (secondary N) is 1. The molecule has 1 saturated heterocycles. The lowest BCUT2D eigenvalue weighted by Crippen LogP contribution is -2.40. The van der Waals surface area contributed by atoms with Gasteiger partial charge in [-0.3, -0.25) is 9.59 Å². The lowest BCUT2D eigenvalue weighted by molar-refractivity contribution is -0.133. The molecule has 2 heterocycles. The summed E-state index contributed by atoms with van der Waals surface area (Å²) in [4.78, 5) is 24.2. The zero-order chi connectivity index (χ0) is 14.5. The second kappa shape index (κ2) is 6.70. The second-order valence-corrected chi connectivity index (χ2v) is 5.17. The fourth-order valence-corrected chi connectivity index (χ4v) is 2.55. The van der Waals surface area contributed by atoms with Gasteiger partial charge in [0.2, 0.25) is 5.91 Å². The van der Waals surface area contributed by atoms with Crippen molar-refractivity contribution in [2.75, 3.05) is 6.61 Å². The van der Waals surface area contributed by atoms with Gasteiger partial charge in [0, 0.05) is 31.5 Å². The van der Waals surface area contributed by atoms with E-state index in [1.54, 1.807) is 16.8 Å². The molecule has 0 spiro atoms. The van der Waals surface area contributed by atoms with Crippen LogP contribution < -0.4 is 10.9 Å². The molecule has 2 atom stereocenters. The summed E-state index contributed by atoms with van der Waals surface area (Å²) < 4.78 is 7.13. The van der Waals surface area contributed by atoms with Gasteiger partial charge < -0.3 is 14.6 Å². The highest BCUT2D eigenvalue weighted by Gasteiger charge is 2.28. The van der Waals surface area contributed by atoms with E-state index in [1.807, 2.05) is 19.9 Å². The van der Waals surface area contributed by atoms with Gasteiger partial charge in [0.15, 0.2) is 0 Å². The average molecular weight is 278 g/mol. The van der Waals surface area contributed by atoms with Gasteiger partial charge in [-0.1, -0.05) is 6.07 Å². The smallest absolute Gasteiger partial charge is 0.255 e. The van der Waals surface area contributed by atoms with E-state index >= 15 is 0 Å². The number of rotatable bonds is 4. The zero-order valence-corrected chi connectivity index (χ0v) is 12.1. The van der Waals surface area contributed by atoms with E-state index < -0.39 is 0 Å². The van der Waals surface area contributed by atoms with Crippen LogP contribution in [0.25, 0.3) is 0 Å². The molecule has 0 bridgehead atoms. The van der Waals surface area contributed by atoms with Gasteiger partial charge in [0.25, 0.3) is 5.56 Å². The summed E-state index contributed by atoms with van der Waals surface area (Å²) in [6.45, 7) is 5.49. The Morgan fingerprint density at radius 2 is 2.35 bits per heavy atom. The monoisotopic (exact) mass is 278 g/mol. The molecular weight excluding hydrogens is 256 g/mol. The molecule has 1 aliphatic rings. The van der Waals surface area contributed by atoms with E-state index in [0.29, 0.717) is 12.1 Å². The van der Waals surface area contributed by atoms with Crippen LogP contribution in [0.15, 0.2) is 23.1 Å². The first-order valence-corrected chi connectivity index (χ1v) is 7.21. The second-order valence-electron chi connectivity index (χ2n) is 5.17. The Balaban J connectivity index is 1.98. The predicted molar refractivity (Wildman–Crippen MR) is 76.4 cm³/mol. The van der Waals surface area contributed by atoms with Crippen molar-refractivity contribution in [1.29, 1.82) is 0 Å². The molecule has 1 aromatic heterocycles. The molecule has 0 saturated carbocycles. The lowest BCUT2D eigenvalue weighted by atomic mass is 9.94. The van der Waals surface area contributed by atoms with E-state index in [2.05, 4.69) is 5.32 Å². The maximum Gasteiger partial charge on any atom is 0.255 e. The standard InChI is InChI=1S/C15H22N2O3/c1-3-17-8-4-6-12(15(17)19)10-16-14(18)13-7-5-9-20-11(13)2/h4,6,8,11,13H,3,5,7,9-10H2,1-2H3,(H,16,18)/t11-,13-/m1/s1. The highest BCUT2D eigenvalue weighted by Crippen LogP contribution is 2.20. The Morgan fingerprint density at radius 1 is 1.55 bits per heavy atom. The molecule has 1 N–H and O–H groups in total. The van der Waals surface area contributed by atoms with E-state index in [4.69, 9.17) is 4.74 Å². The molecule has 1 amide bonds. The number of ether oxygens (including phenoxy) is 1. The fourth-order valence-electron chi connectivity index (χ4n) is 2.55. The predicted octanol–water partition coefficient (Wildman–Crippen LogP) is 1.30. The number of hydrogen-bond acceptors (Lipinski definition) is 3. The van der Waals surface area contributed by atoms with Crippen LogP contribution in [0.3, 0.4) is 0 Å². The van der Waals surface area contributed by atoms with Crippen LogP contribution in [0.4, 0.5) is 0 Å². The molecule has 5 heteroatoms. The van der Waals surface area contributed by atoms with Gasteiger partial charge >= 0.3 is 0 Å². The zero-order valence-electron chi connectivity index (χ0n) is 12.1. The lowest BCUT2D eigenvalue weighted by Gasteiger charge is -2.28. The Labute approximate surface area is 118 Å². The summed E-state index contributed by atoms with van der Waals surface area (Å²) >= 11 is 0. The molecule has 110 valence electrons. The van der Waals surface area contributed by atoms with E-state index in [9.17, 15) is 9.59 Å². The van der Waals surface area contributed by atoms with Gasteiger partial charge in [-0.25, -0.2) is 0 Å². The Hall–Kier alpha value is -1.62. The summed E-state index contributed by atoms with van der Waals surface area (Å²) in [6.07, 6.45) is 3.47. The Kier molecular flexibility index (Phi) is 4.95. The maximum absolute atomic E-state index is 12.1. The number of amides is 1. The Morgan fingerprint density at radius 3 is 3.05 bits per heavy atom. The summed E-state index contributed by atoms with van der Waals surface area (Å²) in [6, 6.07) is 3.59. The minimum Gasteiger partial charge on any atom is -0.378 e. The van der Waals surface area contributed by atoms with E-state index in [-0.39, 0.29) is 30.0 Å². The van der Waals surface area contributed by atoms with Gasteiger partial charge in [-0.15, -0.1) is 0 Å². The molecule has 1 fully saturated rings. The highest BCUT2D eigenvalue weighted by molar-refractivity contribution is 5.79. The first-order chi connectivity index (χ1) is 9.63. The molecule has 0 unspecified atom stereocenters. The van der Waals surface area contributed by atoms with Crippen LogP contribution in [-0.2, 0) is 22.6 Å². The molecule has 20 heavy (non-hydrogen) atoms. The van der Waals surface area contributed by atoms with Crippen molar-refractivity contribution in [2.45, 2.75) is 45.9 Å². The van der Waals surface area contributed by atoms with E-state index in [1.165, 1.54) is 0 Å². The van der Waals surface area contributed by atoms with Crippen molar-refractivity contribution in [3.63, 3.8) is 0 Å². The van der Waals surface area contributed by atoms with Crippen molar-refractivity contribution in [3.05, 3.63) is 34.2 Å². The first-order valence-electron chi connectivity index (χ1n) is 7.21. The van der Waals surface area contributed by atoms with Crippen molar-refractivity contribution in [3.8, 4) is 0 Å². The normalized spacial score (nSPS) is 22.5. The topological polar surface area (TPSA) is 60.3 Å². The number of aryl methyl sites for hydroxylation is 1. The van der Waals surface area contributed by atoms with Gasteiger partial charge in [0.1, 0.15) is 0 Å². The third-order valence-corrected chi connectivity index (χ3v) is 3.84. The van der Waals surface area contributed by atoms with Crippen molar-refractivity contribution < 1.29 is 9.53 Å². The van der Waals surface area contributed by atoms with Crippen LogP contribution >= 0.6 is 0 Å². The molecule has 5 nitrogen and oxygen atoms in total. The first kappa shape index (κ1) is 14.8. The molecule has 1 aromatic rings. The summed E-state index contributed by atoms with van der Waals surface area (Å²) in [5.41, 5.74) is 0.579. The number of carbonyl (C=O) groups is 1. The quantitative estimate of drug-likeness (QED) is 0.903. The van der Waals surface area contributed by atoms with Gasteiger partial charge in [-0.05, 0) is 32.8 Å². The van der Waals surface area contributed by atoms with E-state index in [0.717, 1.165) is 19.4 Å². The number of nitrogens with zero attached hydrogens (tertiary/aromatic N) is 1. The van der Waals surface area contributed by atoms with Crippen LogP contribution in [0.5, 0.6) is 0 Å². The van der Waals surface area contributed by atoms with Crippen molar-refractivity contribution in [2.24, 2.45) is 5.92 Å². The fraction of sp³-hybridized carbons (Fsp3) is 0.600. The number of aromatic nitrogens is 1. The third kappa shape index (κ3) is 3.28. The summed E-state index contributed by atoms with van der Waals surface area (Å²) in [5.74, 6) is -0.135. The van der Waals surface area contributed by atoms with Crippen LogP contribution in [0.2, 0.25) is 0 Å². The largest absolute Gasteiger partial charge is 0.378 e. The van der Waals surface area contributed by atoms with Crippen LogP contribution in [0.1, 0.15) is 32.3 Å². The van der Waals surface area contributed by atoms with Crippen molar-refractivity contribution >= 4 is 5.91 Å². The Bertz CT molecular complexity index is 524. The van der Waals surface area contributed by atoms with Crippen molar-refractivity contribution in [1.82, 2.24) is 9.88 Å². The average Bonchev–Trinajstić information content (AvgIpc) is 2.46. The van der Waals surface area contributed by atoms with Crippen LogP contribution in [-0.4, -0.2) is 23.2 Å². The molecule has 1 aliphatic heterocycles. The molecule has 0 aromatic carbocycles. The number of pyridine rings is 1. The molecule has 2 rings (SSSR count). The maximum atomic E-state index is 12.1. The third-order valence-electron chi connectivity index (χ3n) is 3.84. The number of hydrogen-bond donors (Lipinski definition) is 1. The molecular formula is C15H22N2O3. The molecule has 0 aliphatic carbocycles. The van der Waals surface area contributed by atoms with Gasteiger partial charge in [0.05, 0.1) is 12.0 Å².